The van der Waals surface area contributed by atoms with Gasteiger partial charge in [0, 0.05) is 13.2 Å². The number of hydrogen-bond donors (Lipinski definition) is 1. The lowest BCUT2D eigenvalue weighted by molar-refractivity contribution is -0.246. The average molecular weight is 204 g/mol. The molecule has 1 N–H and O–H groups in total. The Bertz CT molecular complexity index is 162. The molecule has 0 aromatic carbocycles. The summed E-state index contributed by atoms with van der Waals surface area (Å²) in [5, 5.41) is 9.97. The SMILES string of the molecule is C=CC(C)(O)C([SiH3])(OCC)OCC. The Hall–Kier alpha value is -0.163. The molecule has 0 aromatic rings. The second kappa shape index (κ2) is 4.90. The van der Waals surface area contributed by atoms with E-state index in [1.54, 1.807) is 6.92 Å². The zero-order valence-electron chi connectivity index (χ0n) is 8.96. The molecule has 1 atom stereocenters. The van der Waals surface area contributed by atoms with Crippen molar-refractivity contribution in [3.8, 4) is 0 Å². The van der Waals surface area contributed by atoms with E-state index in [1.165, 1.54) is 6.08 Å². The number of aliphatic hydroxyl groups is 1. The van der Waals surface area contributed by atoms with Crippen LogP contribution in [0.1, 0.15) is 20.8 Å². The van der Waals surface area contributed by atoms with Gasteiger partial charge in [0.2, 0.25) is 0 Å². The fourth-order valence-corrected chi connectivity index (χ4v) is 1.85. The molecule has 0 spiro atoms. The topological polar surface area (TPSA) is 38.7 Å². The Balaban J connectivity index is 4.65. The molecule has 0 bridgehead atoms. The van der Waals surface area contributed by atoms with Gasteiger partial charge in [0.1, 0.15) is 5.60 Å². The predicted octanol–water partition coefficient (Wildman–Crippen LogP) is 0.0156. The molecule has 0 aliphatic heterocycles. The van der Waals surface area contributed by atoms with Crippen LogP contribution in [0.4, 0.5) is 0 Å². The minimum Gasteiger partial charge on any atom is -0.381 e. The first-order valence-corrected chi connectivity index (χ1v) is 5.57. The summed E-state index contributed by atoms with van der Waals surface area (Å²) >= 11 is 0. The van der Waals surface area contributed by atoms with Gasteiger partial charge < -0.3 is 14.6 Å². The molecular formula is C9H20O3Si. The third-order valence-electron chi connectivity index (χ3n) is 2.16. The molecule has 0 saturated heterocycles. The van der Waals surface area contributed by atoms with Crippen molar-refractivity contribution in [3.63, 3.8) is 0 Å². The standard InChI is InChI=1S/C9H20O3Si/c1-5-8(4,10)9(13,11-6-2)12-7-3/h5,10H,1,6-7H2,2-4,13H3. The van der Waals surface area contributed by atoms with E-state index >= 15 is 0 Å². The second-order valence-electron chi connectivity index (χ2n) is 3.16. The van der Waals surface area contributed by atoms with Crippen LogP contribution < -0.4 is 0 Å². The molecule has 0 aromatic heterocycles. The smallest absolute Gasteiger partial charge is 0.172 e. The molecule has 0 aliphatic rings. The maximum Gasteiger partial charge on any atom is 0.172 e. The van der Waals surface area contributed by atoms with Crippen molar-refractivity contribution >= 4 is 10.2 Å². The molecule has 0 radical (unpaired) electrons. The van der Waals surface area contributed by atoms with E-state index in [-0.39, 0.29) is 0 Å². The van der Waals surface area contributed by atoms with Crippen LogP contribution in [0, 0.1) is 0 Å². The lowest BCUT2D eigenvalue weighted by atomic mass is 10.1. The molecule has 0 rings (SSSR count). The molecule has 0 aliphatic carbocycles. The van der Waals surface area contributed by atoms with Crippen molar-refractivity contribution in [2.75, 3.05) is 13.2 Å². The number of ether oxygens (including phenoxy) is 2. The van der Waals surface area contributed by atoms with Crippen LogP contribution in [0.5, 0.6) is 0 Å². The summed E-state index contributed by atoms with van der Waals surface area (Å²) in [6.45, 7) is 10.0. The molecule has 4 heteroatoms. The van der Waals surface area contributed by atoms with E-state index < -0.39 is 11.0 Å². The lowest BCUT2D eigenvalue weighted by Crippen LogP contribution is -2.55. The van der Waals surface area contributed by atoms with Crippen molar-refractivity contribution < 1.29 is 14.6 Å². The van der Waals surface area contributed by atoms with E-state index in [0.29, 0.717) is 23.5 Å². The summed E-state index contributed by atoms with van der Waals surface area (Å²) in [6.07, 6.45) is 1.46. The normalized spacial score (nSPS) is 16.9. The Morgan fingerprint density at radius 3 is 2.00 bits per heavy atom. The Kier molecular flexibility index (Phi) is 4.84. The van der Waals surface area contributed by atoms with Crippen LogP contribution >= 0.6 is 0 Å². The zero-order valence-corrected chi connectivity index (χ0v) is 11.0. The highest BCUT2D eigenvalue weighted by Gasteiger charge is 2.42. The summed E-state index contributed by atoms with van der Waals surface area (Å²) in [5.74, 6) is 0. The van der Waals surface area contributed by atoms with Gasteiger partial charge >= 0.3 is 0 Å². The molecule has 0 fully saturated rings. The highest BCUT2D eigenvalue weighted by Crippen LogP contribution is 2.25. The highest BCUT2D eigenvalue weighted by molar-refractivity contribution is 6.14. The molecule has 78 valence electrons. The van der Waals surface area contributed by atoms with Crippen molar-refractivity contribution in [1.29, 1.82) is 0 Å². The monoisotopic (exact) mass is 204 g/mol. The summed E-state index contributed by atoms with van der Waals surface area (Å²) in [5.41, 5.74) is -2.00. The van der Waals surface area contributed by atoms with Gasteiger partial charge in [0.15, 0.2) is 5.41 Å². The fraction of sp³-hybridized carbons (Fsp3) is 0.778. The van der Waals surface area contributed by atoms with Crippen molar-refractivity contribution in [2.45, 2.75) is 31.8 Å². The minimum atomic E-state index is -1.12. The van der Waals surface area contributed by atoms with Gasteiger partial charge in [-0.3, -0.25) is 0 Å². The molecule has 1 unspecified atom stereocenters. The quantitative estimate of drug-likeness (QED) is 0.376. The van der Waals surface area contributed by atoms with E-state index in [1.807, 2.05) is 13.8 Å². The predicted molar refractivity (Wildman–Crippen MR) is 56.7 cm³/mol. The first-order chi connectivity index (χ1) is 5.93. The van der Waals surface area contributed by atoms with Crippen LogP contribution in [-0.2, 0) is 9.47 Å². The first-order valence-electron chi connectivity index (χ1n) is 4.57. The minimum absolute atomic E-state index is 0.521. The second-order valence-corrected chi connectivity index (χ2v) is 4.48. The van der Waals surface area contributed by atoms with Gasteiger partial charge in [-0.2, -0.15) is 0 Å². The summed E-state index contributed by atoms with van der Waals surface area (Å²) < 4.78 is 10.9. The molecular weight excluding hydrogens is 184 g/mol. The van der Waals surface area contributed by atoms with Crippen LogP contribution in [0.2, 0.25) is 0 Å². The summed E-state index contributed by atoms with van der Waals surface area (Å²) in [7, 11) is 0.590. The maximum absolute atomic E-state index is 9.97. The van der Waals surface area contributed by atoms with E-state index in [2.05, 4.69) is 6.58 Å². The Morgan fingerprint density at radius 1 is 1.38 bits per heavy atom. The average Bonchev–Trinajstić information content (AvgIpc) is 2.05. The Morgan fingerprint density at radius 2 is 1.77 bits per heavy atom. The lowest BCUT2D eigenvalue weighted by Gasteiger charge is -2.40. The van der Waals surface area contributed by atoms with E-state index in [4.69, 9.17) is 9.47 Å². The van der Waals surface area contributed by atoms with Gasteiger partial charge in [-0.25, -0.2) is 0 Å². The summed E-state index contributed by atoms with van der Waals surface area (Å²) in [4.78, 5) is 0. The molecule has 0 amide bonds. The van der Waals surface area contributed by atoms with Gasteiger partial charge in [-0.05, 0) is 20.8 Å². The third-order valence-corrected chi connectivity index (χ3v) is 3.75. The van der Waals surface area contributed by atoms with Gasteiger partial charge in [0.25, 0.3) is 0 Å². The van der Waals surface area contributed by atoms with E-state index in [0.717, 1.165) is 0 Å². The molecule has 0 saturated carbocycles. The van der Waals surface area contributed by atoms with Gasteiger partial charge in [0.05, 0.1) is 10.2 Å². The Labute approximate surface area is 83.2 Å². The third kappa shape index (κ3) is 2.91. The summed E-state index contributed by atoms with van der Waals surface area (Å²) in [6, 6.07) is 0. The highest BCUT2D eigenvalue weighted by atomic mass is 28.1. The first kappa shape index (κ1) is 12.8. The van der Waals surface area contributed by atoms with Crippen molar-refractivity contribution in [2.24, 2.45) is 0 Å². The van der Waals surface area contributed by atoms with E-state index in [9.17, 15) is 5.11 Å². The largest absolute Gasteiger partial charge is 0.381 e. The van der Waals surface area contributed by atoms with Crippen LogP contribution in [0.25, 0.3) is 0 Å². The number of hydrogen-bond acceptors (Lipinski definition) is 3. The molecule has 13 heavy (non-hydrogen) atoms. The fourth-order valence-electron chi connectivity index (χ4n) is 1.07. The van der Waals surface area contributed by atoms with Gasteiger partial charge in [-0.15, -0.1) is 6.58 Å². The van der Waals surface area contributed by atoms with Crippen LogP contribution in [-0.4, -0.2) is 39.6 Å². The zero-order chi connectivity index (χ0) is 10.5. The van der Waals surface area contributed by atoms with Crippen LogP contribution in [0.3, 0.4) is 0 Å². The van der Waals surface area contributed by atoms with Gasteiger partial charge in [-0.1, -0.05) is 6.08 Å². The maximum atomic E-state index is 9.97. The van der Waals surface area contributed by atoms with Crippen molar-refractivity contribution in [3.05, 3.63) is 12.7 Å². The van der Waals surface area contributed by atoms with Crippen LogP contribution in [0.15, 0.2) is 12.7 Å². The molecule has 3 nitrogen and oxygen atoms in total. The number of rotatable bonds is 6. The molecule has 0 heterocycles. The van der Waals surface area contributed by atoms with Crippen molar-refractivity contribution in [1.82, 2.24) is 0 Å².